The van der Waals surface area contributed by atoms with Crippen LogP contribution >= 0.6 is 11.3 Å². The molecule has 2 N–H and O–H groups in total. The van der Waals surface area contributed by atoms with Gasteiger partial charge in [-0.15, -0.1) is 0 Å². The van der Waals surface area contributed by atoms with Gasteiger partial charge in [0.1, 0.15) is 5.75 Å². The topological polar surface area (TPSA) is 98.9 Å². The van der Waals surface area contributed by atoms with Crippen molar-refractivity contribution in [2.75, 3.05) is 39.5 Å². The van der Waals surface area contributed by atoms with Crippen molar-refractivity contribution in [3.63, 3.8) is 0 Å². The van der Waals surface area contributed by atoms with Gasteiger partial charge in [0.15, 0.2) is 0 Å². The van der Waals surface area contributed by atoms with Crippen molar-refractivity contribution < 1.29 is 22.7 Å². The number of benzene rings is 1. The number of nitrogens with two attached hydrogens (primary N) is 1. The first-order valence-corrected chi connectivity index (χ1v) is 11.5. The number of rotatable bonds is 9. The summed E-state index contributed by atoms with van der Waals surface area (Å²) in [6.07, 6.45) is 0.799. The minimum Gasteiger partial charge on any atom is -0.494 e. The molecule has 0 radical (unpaired) electrons. The normalized spacial score (nSPS) is 15.4. The number of morpholine rings is 1. The minimum atomic E-state index is -3.70. The van der Waals surface area contributed by atoms with Gasteiger partial charge in [0.05, 0.1) is 36.0 Å². The predicted octanol–water partition coefficient (Wildman–Crippen LogP) is 1.71. The van der Waals surface area contributed by atoms with Gasteiger partial charge in [0.2, 0.25) is 15.7 Å². The summed E-state index contributed by atoms with van der Waals surface area (Å²) in [6, 6.07) is 6.36. The molecule has 0 atom stereocenters. The number of carbonyl (C=O) groups excluding carboxylic acids is 1. The molecule has 3 rings (SSSR count). The number of carbonyl (C=O) groups is 1. The third kappa shape index (κ3) is 5.32. The molecule has 1 aromatic heterocycles. The molecular formula is C19H24N2O5S2. The molecule has 1 saturated heterocycles. The molecule has 0 unspecified atom stereocenters. The van der Waals surface area contributed by atoms with Gasteiger partial charge in [-0.1, -0.05) is 0 Å². The maximum absolute atomic E-state index is 12.8. The molecule has 152 valence electrons. The Bertz CT molecular complexity index is 887. The van der Waals surface area contributed by atoms with Gasteiger partial charge in [-0.25, -0.2) is 8.42 Å². The van der Waals surface area contributed by atoms with Gasteiger partial charge in [0.25, 0.3) is 0 Å². The average molecular weight is 425 g/mol. The molecule has 0 bridgehead atoms. The second-order valence-corrected chi connectivity index (χ2v) is 9.20. The first-order valence-electron chi connectivity index (χ1n) is 9.08. The lowest BCUT2D eigenvalue weighted by molar-refractivity contribution is -0.117. The Kier molecular flexibility index (Phi) is 7.06. The van der Waals surface area contributed by atoms with E-state index in [4.69, 9.17) is 15.2 Å². The summed E-state index contributed by atoms with van der Waals surface area (Å²) in [5.41, 5.74) is 5.64. The van der Waals surface area contributed by atoms with Gasteiger partial charge < -0.3 is 15.2 Å². The van der Waals surface area contributed by atoms with Gasteiger partial charge >= 0.3 is 0 Å². The number of primary amides is 1. The van der Waals surface area contributed by atoms with Crippen molar-refractivity contribution in [1.82, 2.24) is 4.90 Å². The molecule has 28 heavy (non-hydrogen) atoms. The summed E-state index contributed by atoms with van der Waals surface area (Å²) in [5.74, 6) is 0.0688. The van der Waals surface area contributed by atoms with Crippen LogP contribution in [0.3, 0.4) is 0 Å². The van der Waals surface area contributed by atoms with Crippen LogP contribution in [-0.4, -0.2) is 58.7 Å². The Labute approximate surface area is 169 Å². The van der Waals surface area contributed by atoms with Crippen molar-refractivity contribution in [3.05, 3.63) is 40.6 Å². The predicted molar refractivity (Wildman–Crippen MR) is 106 cm³/mol. The first-order chi connectivity index (χ1) is 13.5. The van der Waals surface area contributed by atoms with E-state index in [1.807, 2.05) is 0 Å². The largest absolute Gasteiger partial charge is 0.494 e. The van der Waals surface area contributed by atoms with Crippen LogP contribution < -0.4 is 10.5 Å². The molecule has 1 fully saturated rings. The van der Waals surface area contributed by atoms with Gasteiger partial charge in [-0.3, -0.25) is 9.69 Å². The molecule has 0 spiro atoms. The van der Waals surface area contributed by atoms with Crippen molar-refractivity contribution >= 4 is 27.1 Å². The van der Waals surface area contributed by atoms with Crippen molar-refractivity contribution in [3.8, 4) is 5.75 Å². The summed E-state index contributed by atoms with van der Waals surface area (Å²) in [4.78, 5) is 13.8. The molecule has 0 aliphatic carbocycles. The van der Waals surface area contributed by atoms with E-state index in [9.17, 15) is 13.2 Å². The zero-order valence-electron chi connectivity index (χ0n) is 15.5. The van der Waals surface area contributed by atoms with Crippen LogP contribution in [0.2, 0.25) is 0 Å². The number of sulfone groups is 1. The van der Waals surface area contributed by atoms with E-state index in [-0.39, 0.29) is 16.2 Å². The fraction of sp³-hybridized carbons (Fsp3) is 0.421. The Morgan fingerprint density at radius 1 is 1.18 bits per heavy atom. The van der Waals surface area contributed by atoms with E-state index in [1.165, 1.54) is 28.8 Å². The van der Waals surface area contributed by atoms with E-state index >= 15 is 0 Å². The SMILES string of the molecule is NC(=O)Cc1cscc1S(=O)(=O)c1ccc(OCCCN2CCOCC2)cc1. The van der Waals surface area contributed by atoms with Crippen LogP contribution in [0.15, 0.2) is 44.8 Å². The molecule has 7 nitrogen and oxygen atoms in total. The van der Waals surface area contributed by atoms with E-state index in [0.717, 1.165) is 39.3 Å². The third-order valence-corrected chi connectivity index (χ3v) is 7.27. The molecule has 0 saturated carbocycles. The fourth-order valence-electron chi connectivity index (χ4n) is 3.01. The Balaban J connectivity index is 1.57. The van der Waals surface area contributed by atoms with Crippen LogP contribution in [0.4, 0.5) is 0 Å². The lowest BCUT2D eigenvalue weighted by atomic mass is 10.2. The van der Waals surface area contributed by atoms with Gasteiger partial charge in [-0.05, 0) is 41.6 Å². The molecule has 1 aromatic carbocycles. The van der Waals surface area contributed by atoms with Crippen molar-refractivity contribution in [1.29, 1.82) is 0 Å². The number of amides is 1. The Hall–Kier alpha value is -1.94. The lowest BCUT2D eigenvalue weighted by Crippen LogP contribution is -2.37. The number of ether oxygens (including phenoxy) is 2. The lowest BCUT2D eigenvalue weighted by Gasteiger charge is -2.26. The average Bonchev–Trinajstić information content (AvgIpc) is 3.15. The zero-order valence-corrected chi connectivity index (χ0v) is 17.1. The second kappa shape index (κ2) is 9.51. The second-order valence-electron chi connectivity index (χ2n) is 6.54. The van der Waals surface area contributed by atoms with E-state index in [2.05, 4.69) is 4.90 Å². The monoisotopic (exact) mass is 424 g/mol. The van der Waals surface area contributed by atoms with Gasteiger partial charge in [-0.2, -0.15) is 11.3 Å². The highest BCUT2D eigenvalue weighted by atomic mass is 32.2. The maximum atomic E-state index is 12.8. The smallest absolute Gasteiger partial charge is 0.221 e. The highest BCUT2D eigenvalue weighted by Crippen LogP contribution is 2.28. The minimum absolute atomic E-state index is 0.0948. The quantitative estimate of drug-likeness (QED) is 0.615. The highest BCUT2D eigenvalue weighted by Gasteiger charge is 2.23. The molecule has 9 heteroatoms. The number of nitrogens with zero attached hydrogens (tertiary/aromatic N) is 1. The summed E-state index contributed by atoms with van der Waals surface area (Å²) in [7, 11) is -3.70. The van der Waals surface area contributed by atoms with Crippen LogP contribution in [-0.2, 0) is 25.8 Å². The number of thiophene rings is 1. The zero-order chi connectivity index (χ0) is 20.0. The fourth-order valence-corrected chi connectivity index (χ4v) is 5.70. The summed E-state index contributed by atoms with van der Waals surface area (Å²) < 4.78 is 36.7. The van der Waals surface area contributed by atoms with Crippen molar-refractivity contribution in [2.24, 2.45) is 5.73 Å². The standard InChI is InChI=1S/C19H24N2O5S2/c20-19(22)12-15-13-27-14-18(15)28(23,24)17-4-2-16(3-5-17)26-9-1-6-21-7-10-25-11-8-21/h2-5,13-14H,1,6-12H2,(H2,20,22). The number of hydrogen-bond acceptors (Lipinski definition) is 7. The van der Waals surface area contributed by atoms with Crippen molar-refractivity contribution in [2.45, 2.75) is 22.6 Å². The Morgan fingerprint density at radius 2 is 1.89 bits per heavy atom. The molecular weight excluding hydrogens is 400 g/mol. The highest BCUT2D eigenvalue weighted by molar-refractivity contribution is 7.91. The summed E-state index contributed by atoms with van der Waals surface area (Å²) >= 11 is 1.23. The van der Waals surface area contributed by atoms with Crippen LogP contribution in [0.5, 0.6) is 5.75 Å². The van der Waals surface area contributed by atoms with E-state index < -0.39 is 15.7 Å². The van der Waals surface area contributed by atoms with Crippen LogP contribution in [0, 0.1) is 0 Å². The van der Waals surface area contributed by atoms with Gasteiger partial charge in [0, 0.05) is 25.0 Å². The van der Waals surface area contributed by atoms with Crippen LogP contribution in [0.25, 0.3) is 0 Å². The maximum Gasteiger partial charge on any atom is 0.221 e. The van der Waals surface area contributed by atoms with E-state index in [1.54, 1.807) is 17.5 Å². The van der Waals surface area contributed by atoms with Crippen LogP contribution in [0.1, 0.15) is 12.0 Å². The first kappa shape index (κ1) is 20.8. The van der Waals surface area contributed by atoms with E-state index in [0.29, 0.717) is 17.9 Å². The summed E-state index contributed by atoms with van der Waals surface area (Å²) in [5, 5.41) is 3.17. The molecule has 2 aromatic rings. The molecule has 1 aliphatic rings. The molecule has 1 amide bonds. The number of hydrogen-bond donors (Lipinski definition) is 1. The molecule has 2 heterocycles. The Morgan fingerprint density at radius 3 is 2.57 bits per heavy atom. The summed E-state index contributed by atoms with van der Waals surface area (Å²) in [6.45, 7) is 4.98. The molecule has 1 aliphatic heterocycles. The third-order valence-electron chi connectivity index (χ3n) is 4.48.